The molecule has 8 nitrogen and oxygen atoms in total. The van der Waals surface area contributed by atoms with Gasteiger partial charge in [0.05, 0.1) is 16.1 Å². The fourth-order valence-electron chi connectivity index (χ4n) is 6.87. The highest BCUT2D eigenvalue weighted by atomic mass is 35.5. The Balaban J connectivity index is 1.51. The smallest absolute Gasteiger partial charge is 0.237 e. The van der Waals surface area contributed by atoms with E-state index in [2.05, 4.69) is 20.9 Å². The number of nitrogens with one attached hydrogen (secondary N) is 3. The molecule has 0 saturated carbocycles. The Hall–Kier alpha value is -2.79. The van der Waals surface area contributed by atoms with Crippen molar-refractivity contribution in [1.82, 2.24) is 20.4 Å². The van der Waals surface area contributed by atoms with Crippen LogP contribution in [0.4, 0.5) is 14.5 Å². The van der Waals surface area contributed by atoms with E-state index in [4.69, 9.17) is 23.2 Å². The molecule has 0 aliphatic carbocycles. The largest absolute Gasteiger partial charge is 0.353 e. The molecule has 43 heavy (non-hydrogen) atoms. The van der Waals surface area contributed by atoms with Gasteiger partial charge in [0.25, 0.3) is 0 Å². The van der Waals surface area contributed by atoms with Gasteiger partial charge in [-0.05, 0) is 47.2 Å². The standard InChI is InChI=1S/C31H37Cl2F2N5O3/c1-17(41)40-11-9-39(10-12-40)8-7-36-28(42)27-26(18-5-6-22(34)20(32)13-18)31(25(38-27)16-30(2,3)4)19-14-23(35)21(33)15-24(19)37-29(31)43/h5-6,13-15,25-27,38H,7-12,16H2,1-4H3,(H,36,42)(H,37,43)/t25-,26+,27-,31+/m1/s1. The zero-order valence-corrected chi connectivity index (χ0v) is 26.2. The van der Waals surface area contributed by atoms with E-state index in [1.165, 1.54) is 30.3 Å². The van der Waals surface area contributed by atoms with Crippen LogP contribution in [0.25, 0.3) is 0 Å². The summed E-state index contributed by atoms with van der Waals surface area (Å²) < 4.78 is 29.4. The van der Waals surface area contributed by atoms with E-state index in [9.17, 15) is 18.8 Å². The normalized spacial score (nSPS) is 25.6. The maximum atomic E-state index is 15.0. The average molecular weight is 637 g/mol. The number of hydrogen-bond donors (Lipinski definition) is 3. The SMILES string of the molecule is CC(=O)N1CCN(CCNC(=O)[C@@H]2N[C@H](CC(C)(C)C)[C@]3(C(=O)Nc4cc(Cl)c(F)cc43)[C@H]2c2ccc(F)c(Cl)c2)CC1. The molecular formula is C31H37Cl2F2N5O3. The summed E-state index contributed by atoms with van der Waals surface area (Å²) in [5, 5.41) is 9.10. The Morgan fingerprint density at radius 1 is 1.05 bits per heavy atom. The second-order valence-electron chi connectivity index (χ2n) is 12.9. The van der Waals surface area contributed by atoms with Crippen molar-refractivity contribution in [2.75, 3.05) is 44.6 Å². The summed E-state index contributed by atoms with van der Waals surface area (Å²) in [4.78, 5) is 43.8. The first kappa shape index (κ1) is 31.6. The minimum atomic E-state index is -1.42. The van der Waals surface area contributed by atoms with E-state index in [0.29, 0.717) is 62.5 Å². The zero-order chi connectivity index (χ0) is 31.3. The summed E-state index contributed by atoms with van der Waals surface area (Å²) >= 11 is 12.3. The van der Waals surface area contributed by atoms with Crippen LogP contribution in [-0.4, -0.2) is 78.9 Å². The van der Waals surface area contributed by atoms with Gasteiger partial charge in [0.15, 0.2) is 0 Å². The summed E-state index contributed by atoms with van der Waals surface area (Å²) in [6.45, 7) is 11.2. The highest BCUT2D eigenvalue weighted by Crippen LogP contribution is 2.57. The minimum Gasteiger partial charge on any atom is -0.353 e. The van der Waals surface area contributed by atoms with Crippen molar-refractivity contribution in [2.45, 2.75) is 57.5 Å². The molecule has 5 rings (SSSR count). The van der Waals surface area contributed by atoms with Crippen molar-refractivity contribution in [2.24, 2.45) is 5.41 Å². The molecule has 3 heterocycles. The first-order chi connectivity index (χ1) is 20.2. The average Bonchev–Trinajstić information content (AvgIpc) is 3.40. The molecule has 0 radical (unpaired) electrons. The van der Waals surface area contributed by atoms with Gasteiger partial charge in [0.1, 0.15) is 17.0 Å². The lowest BCUT2D eigenvalue weighted by molar-refractivity contribution is -0.130. The Labute approximate surface area is 260 Å². The Kier molecular flexibility index (Phi) is 8.79. The number of anilines is 1. The number of piperazine rings is 1. The summed E-state index contributed by atoms with van der Waals surface area (Å²) in [7, 11) is 0. The lowest BCUT2D eigenvalue weighted by Crippen LogP contribution is -2.51. The molecule has 0 unspecified atom stereocenters. The second-order valence-corrected chi connectivity index (χ2v) is 13.7. The van der Waals surface area contributed by atoms with Crippen LogP contribution < -0.4 is 16.0 Å². The predicted molar refractivity (Wildman–Crippen MR) is 162 cm³/mol. The van der Waals surface area contributed by atoms with Crippen molar-refractivity contribution in [3.63, 3.8) is 0 Å². The Morgan fingerprint density at radius 2 is 1.72 bits per heavy atom. The maximum absolute atomic E-state index is 15.0. The molecule has 3 aliphatic rings. The molecule has 2 aromatic carbocycles. The number of hydrogen-bond acceptors (Lipinski definition) is 5. The molecule has 2 aromatic rings. The minimum absolute atomic E-state index is 0.0469. The maximum Gasteiger partial charge on any atom is 0.237 e. The summed E-state index contributed by atoms with van der Waals surface area (Å²) in [6.07, 6.45) is 0.472. The number of carbonyl (C=O) groups is 3. The van der Waals surface area contributed by atoms with Crippen LogP contribution in [0, 0.1) is 17.0 Å². The van der Waals surface area contributed by atoms with Gasteiger partial charge >= 0.3 is 0 Å². The number of carbonyl (C=O) groups excluding carboxylic acids is 3. The van der Waals surface area contributed by atoms with Gasteiger partial charge in [-0.3, -0.25) is 19.3 Å². The van der Waals surface area contributed by atoms with E-state index in [1.54, 1.807) is 11.8 Å². The Bertz CT molecular complexity index is 1440. The number of halogens is 4. The van der Waals surface area contributed by atoms with Crippen LogP contribution >= 0.6 is 23.2 Å². The number of fused-ring (bicyclic) bond motifs is 2. The van der Waals surface area contributed by atoms with Crippen LogP contribution in [-0.2, 0) is 19.8 Å². The van der Waals surface area contributed by atoms with Gasteiger partial charge in [-0.15, -0.1) is 0 Å². The van der Waals surface area contributed by atoms with E-state index in [1.807, 2.05) is 20.8 Å². The molecular weight excluding hydrogens is 599 g/mol. The molecule has 1 spiro atoms. The molecule has 3 aliphatic heterocycles. The lowest BCUT2D eigenvalue weighted by atomic mass is 9.62. The highest BCUT2D eigenvalue weighted by Gasteiger charge is 2.66. The third kappa shape index (κ3) is 5.99. The van der Waals surface area contributed by atoms with Crippen molar-refractivity contribution < 1.29 is 23.2 Å². The molecule has 0 bridgehead atoms. The second kappa shape index (κ2) is 12.0. The van der Waals surface area contributed by atoms with Gasteiger partial charge in [0.2, 0.25) is 17.7 Å². The Morgan fingerprint density at radius 3 is 2.35 bits per heavy atom. The van der Waals surface area contributed by atoms with E-state index >= 15 is 4.39 Å². The van der Waals surface area contributed by atoms with Crippen LogP contribution in [0.2, 0.25) is 10.0 Å². The lowest BCUT2D eigenvalue weighted by Gasteiger charge is -2.37. The molecule has 2 fully saturated rings. The van der Waals surface area contributed by atoms with Crippen LogP contribution in [0.5, 0.6) is 0 Å². The van der Waals surface area contributed by atoms with Gasteiger partial charge < -0.3 is 20.9 Å². The number of rotatable bonds is 6. The van der Waals surface area contributed by atoms with Gasteiger partial charge in [0, 0.05) is 63.8 Å². The number of nitrogens with zero attached hydrogens (tertiary/aromatic N) is 2. The third-order valence-electron chi connectivity index (χ3n) is 8.83. The van der Waals surface area contributed by atoms with Gasteiger partial charge in [-0.1, -0.05) is 50.0 Å². The molecule has 0 aromatic heterocycles. The zero-order valence-electron chi connectivity index (χ0n) is 24.7. The molecule has 3 N–H and O–H groups in total. The quantitative estimate of drug-likeness (QED) is 0.440. The van der Waals surface area contributed by atoms with Crippen molar-refractivity contribution in [3.8, 4) is 0 Å². The molecule has 232 valence electrons. The molecule has 2 saturated heterocycles. The topological polar surface area (TPSA) is 93.8 Å². The van der Waals surface area contributed by atoms with Gasteiger partial charge in [-0.2, -0.15) is 0 Å². The van der Waals surface area contributed by atoms with E-state index in [-0.39, 0.29) is 27.3 Å². The van der Waals surface area contributed by atoms with E-state index in [0.717, 1.165) is 0 Å². The monoisotopic (exact) mass is 635 g/mol. The predicted octanol–water partition coefficient (Wildman–Crippen LogP) is 4.30. The van der Waals surface area contributed by atoms with Crippen LogP contribution in [0.1, 0.15) is 51.2 Å². The molecule has 3 amide bonds. The number of amides is 3. The fourth-order valence-corrected chi connectivity index (χ4v) is 7.23. The van der Waals surface area contributed by atoms with Crippen LogP contribution in [0.3, 0.4) is 0 Å². The van der Waals surface area contributed by atoms with E-state index < -0.39 is 41.0 Å². The number of benzene rings is 2. The summed E-state index contributed by atoms with van der Waals surface area (Å²) in [5.41, 5.74) is -0.447. The van der Waals surface area contributed by atoms with Gasteiger partial charge in [-0.25, -0.2) is 8.78 Å². The van der Waals surface area contributed by atoms with Crippen LogP contribution in [0.15, 0.2) is 30.3 Å². The summed E-state index contributed by atoms with van der Waals surface area (Å²) in [6, 6.07) is 5.34. The molecule has 12 heteroatoms. The van der Waals surface area contributed by atoms with Crippen molar-refractivity contribution >= 4 is 46.6 Å². The third-order valence-corrected chi connectivity index (χ3v) is 9.41. The molecule has 4 atom stereocenters. The van der Waals surface area contributed by atoms with Crippen molar-refractivity contribution in [3.05, 3.63) is 63.1 Å². The highest BCUT2D eigenvalue weighted by molar-refractivity contribution is 6.31. The van der Waals surface area contributed by atoms with Crippen molar-refractivity contribution in [1.29, 1.82) is 0 Å². The summed E-state index contributed by atoms with van der Waals surface area (Å²) in [5.74, 6) is -2.84. The fraction of sp³-hybridized carbons (Fsp3) is 0.516. The first-order valence-corrected chi connectivity index (χ1v) is 15.3. The first-order valence-electron chi connectivity index (χ1n) is 14.5.